The Morgan fingerprint density at radius 3 is 2.17 bits per heavy atom. The van der Waals surface area contributed by atoms with Crippen LogP contribution in [0.15, 0.2) is 54.6 Å². The molecule has 0 saturated carbocycles. The van der Waals surface area contributed by atoms with Crippen LogP contribution in [0.5, 0.6) is 0 Å². The molecule has 2 aromatic carbocycles. The van der Waals surface area contributed by atoms with Gasteiger partial charge in [0.1, 0.15) is 24.4 Å². The highest BCUT2D eigenvalue weighted by Gasteiger charge is 2.54. The molecular formula is C22H23NO7. The third-order valence-corrected chi connectivity index (χ3v) is 5.46. The topological polar surface area (TPSA) is 106 Å². The standard InChI is InChI=1S/C22H23NO7/c1-28-22-17(23-20(26)14-9-5-6-10-15(14)21(23)27)19(18(25)16(11-24)30-22)29-12-13-7-3-2-4-8-13/h2-10,16-19,22,24-25H,11-12H2,1H3/t16-,17-,18-,19-,22-/m0/s1. The summed E-state index contributed by atoms with van der Waals surface area (Å²) in [5.74, 6) is -1.01. The van der Waals surface area contributed by atoms with E-state index in [1.165, 1.54) is 7.11 Å². The van der Waals surface area contributed by atoms with Crippen molar-refractivity contribution in [3.8, 4) is 0 Å². The molecule has 5 atom stereocenters. The van der Waals surface area contributed by atoms with Gasteiger partial charge in [0.15, 0.2) is 6.29 Å². The highest BCUT2D eigenvalue weighted by atomic mass is 16.7. The SMILES string of the molecule is CO[C@H]1O[C@@H](CO)[C@H](O)[C@@H](OCc2ccccc2)[C@@H]1N1C(=O)c2ccccc2C1=O. The molecule has 0 unspecified atom stereocenters. The number of nitrogens with zero attached hydrogens (tertiary/aromatic N) is 1. The number of imide groups is 1. The van der Waals surface area contributed by atoms with Crippen LogP contribution < -0.4 is 0 Å². The first-order chi connectivity index (χ1) is 14.6. The largest absolute Gasteiger partial charge is 0.394 e. The van der Waals surface area contributed by atoms with Gasteiger partial charge in [-0.15, -0.1) is 0 Å². The van der Waals surface area contributed by atoms with Crippen molar-refractivity contribution in [1.29, 1.82) is 0 Å². The summed E-state index contributed by atoms with van der Waals surface area (Å²) in [4.78, 5) is 27.1. The number of rotatable bonds is 6. The van der Waals surface area contributed by atoms with E-state index >= 15 is 0 Å². The second kappa shape index (κ2) is 8.63. The third kappa shape index (κ3) is 3.53. The molecule has 2 heterocycles. The van der Waals surface area contributed by atoms with Crippen molar-refractivity contribution in [3.05, 3.63) is 71.3 Å². The number of carbonyl (C=O) groups excluding carboxylic acids is 2. The fourth-order valence-electron chi connectivity index (χ4n) is 3.96. The summed E-state index contributed by atoms with van der Waals surface area (Å²) in [7, 11) is 1.37. The molecule has 4 rings (SSSR count). The van der Waals surface area contributed by atoms with Gasteiger partial charge in [-0.2, -0.15) is 0 Å². The van der Waals surface area contributed by atoms with E-state index in [9.17, 15) is 19.8 Å². The van der Waals surface area contributed by atoms with E-state index in [0.717, 1.165) is 10.5 Å². The maximum absolute atomic E-state index is 13.1. The molecular weight excluding hydrogens is 390 g/mol. The Morgan fingerprint density at radius 2 is 1.60 bits per heavy atom. The van der Waals surface area contributed by atoms with Gasteiger partial charge in [0.05, 0.1) is 24.3 Å². The van der Waals surface area contributed by atoms with Gasteiger partial charge in [-0.25, -0.2) is 0 Å². The molecule has 2 amide bonds. The van der Waals surface area contributed by atoms with Gasteiger partial charge in [0.2, 0.25) is 0 Å². The number of hydrogen-bond donors (Lipinski definition) is 2. The minimum Gasteiger partial charge on any atom is -0.394 e. The van der Waals surface area contributed by atoms with E-state index in [1.54, 1.807) is 24.3 Å². The number of benzene rings is 2. The zero-order valence-electron chi connectivity index (χ0n) is 16.4. The molecule has 8 nitrogen and oxygen atoms in total. The van der Waals surface area contributed by atoms with E-state index in [0.29, 0.717) is 0 Å². The van der Waals surface area contributed by atoms with Crippen LogP contribution in [-0.4, -0.2) is 71.3 Å². The van der Waals surface area contributed by atoms with E-state index in [-0.39, 0.29) is 17.7 Å². The van der Waals surface area contributed by atoms with Crippen molar-refractivity contribution in [2.45, 2.75) is 37.3 Å². The van der Waals surface area contributed by atoms with Crippen molar-refractivity contribution in [2.75, 3.05) is 13.7 Å². The highest BCUT2D eigenvalue weighted by Crippen LogP contribution is 2.34. The molecule has 2 aliphatic heterocycles. The quantitative estimate of drug-likeness (QED) is 0.680. The Labute approximate surface area is 173 Å². The first kappa shape index (κ1) is 20.6. The third-order valence-electron chi connectivity index (χ3n) is 5.46. The second-order valence-electron chi connectivity index (χ2n) is 7.23. The molecule has 8 heteroatoms. The molecule has 1 fully saturated rings. The molecule has 2 N–H and O–H groups in total. The molecule has 30 heavy (non-hydrogen) atoms. The zero-order valence-corrected chi connectivity index (χ0v) is 16.4. The Bertz CT molecular complexity index is 884. The van der Waals surface area contributed by atoms with Gasteiger partial charge in [-0.05, 0) is 17.7 Å². The summed E-state index contributed by atoms with van der Waals surface area (Å²) >= 11 is 0. The average molecular weight is 413 g/mol. The van der Waals surface area contributed by atoms with Crippen LogP contribution in [0.2, 0.25) is 0 Å². The summed E-state index contributed by atoms with van der Waals surface area (Å²) in [6.07, 6.45) is -4.36. The van der Waals surface area contributed by atoms with Crippen LogP contribution in [0.1, 0.15) is 26.3 Å². The monoisotopic (exact) mass is 413 g/mol. The molecule has 2 aliphatic rings. The van der Waals surface area contributed by atoms with Crippen LogP contribution >= 0.6 is 0 Å². The van der Waals surface area contributed by atoms with Gasteiger partial charge < -0.3 is 24.4 Å². The average Bonchev–Trinajstić information content (AvgIpc) is 3.03. The molecule has 0 spiro atoms. The Morgan fingerprint density at radius 1 is 1.00 bits per heavy atom. The lowest BCUT2D eigenvalue weighted by molar-refractivity contribution is -0.281. The predicted molar refractivity (Wildman–Crippen MR) is 105 cm³/mol. The number of amides is 2. The van der Waals surface area contributed by atoms with E-state index in [2.05, 4.69) is 0 Å². The highest BCUT2D eigenvalue weighted by molar-refractivity contribution is 6.21. The predicted octanol–water partition coefficient (Wildman–Crippen LogP) is 0.961. The Balaban J connectivity index is 1.68. The van der Waals surface area contributed by atoms with Crippen LogP contribution in [0, 0.1) is 0 Å². The number of ether oxygens (including phenoxy) is 3. The second-order valence-corrected chi connectivity index (χ2v) is 7.23. The van der Waals surface area contributed by atoms with E-state index < -0.39 is 49.1 Å². The zero-order chi connectivity index (χ0) is 21.3. The fraction of sp³-hybridized carbons (Fsp3) is 0.364. The number of carbonyl (C=O) groups is 2. The van der Waals surface area contributed by atoms with Gasteiger partial charge >= 0.3 is 0 Å². The fourth-order valence-corrected chi connectivity index (χ4v) is 3.96. The number of fused-ring (bicyclic) bond motifs is 1. The molecule has 0 aromatic heterocycles. The molecule has 0 radical (unpaired) electrons. The maximum Gasteiger partial charge on any atom is 0.262 e. The van der Waals surface area contributed by atoms with Crippen molar-refractivity contribution in [2.24, 2.45) is 0 Å². The molecule has 0 aliphatic carbocycles. The normalized spacial score (nSPS) is 28.6. The molecule has 2 aromatic rings. The maximum atomic E-state index is 13.1. The lowest BCUT2D eigenvalue weighted by Gasteiger charge is -2.46. The van der Waals surface area contributed by atoms with Crippen LogP contribution in [-0.2, 0) is 20.8 Å². The van der Waals surface area contributed by atoms with Crippen molar-refractivity contribution in [1.82, 2.24) is 4.90 Å². The van der Waals surface area contributed by atoms with Crippen molar-refractivity contribution >= 4 is 11.8 Å². The lowest BCUT2D eigenvalue weighted by Crippen LogP contribution is -2.66. The van der Waals surface area contributed by atoms with Gasteiger partial charge in [0, 0.05) is 7.11 Å². The summed E-state index contributed by atoms with van der Waals surface area (Å²) in [6.45, 7) is -0.335. The van der Waals surface area contributed by atoms with Crippen molar-refractivity contribution in [3.63, 3.8) is 0 Å². The van der Waals surface area contributed by atoms with Crippen molar-refractivity contribution < 1.29 is 34.0 Å². The van der Waals surface area contributed by atoms with Gasteiger partial charge in [-0.3, -0.25) is 14.5 Å². The summed E-state index contributed by atoms with van der Waals surface area (Å²) in [5, 5.41) is 20.5. The molecule has 0 bridgehead atoms. The Hall–Kier alpha value is -2.62. The van der Waals surface area contributed by atoms with E-state index in [1.807, 2.05) is 30.3 Å². The smallest absolute Gasteiger partial charge is 0.262 e. The van der Waals surface area contributed by atoms with Gasteiger partial charge in [0.25, 0.3) is 11.8 Å². The number of hydrogen-bond acceptors (Lipinski definition) is 7. The molecule has 1 saturated heterocycles. The summed E-state index contributed by atoms with van der Waals surface area (Å²) in [6, 6.07) is 14.8. The van der Waals surface area contributed by atoms with Crippen LogP contribution in [0.25, 0.3) is 0 Å². The van der Waals surface area contributed by atoms with E-state index in [4.69, 9.17) is 14.2 Å². The minimum absolute atomic E-state index is 0.136. The minimum atomic E-state index is -1.28. The van der Waals surface area contributed by atoms with Crippen LogP contribution in [0.4, 0.5) is 0 Å². The lowest BCUT2D eigenvalue weighted by atomic mass is 9.95. The number of methoxy groups -OCH3 is 1. The van der Waals surface area contributed by atoms with Crippen LogP contribution in [0.3, 0.4) is 0 Å². The number of aliphatic hydroxyl groups excluding tert-OH is 2. The Kier molecular flexibility index (Phi) is 5.94. The number of aliphatic hydroxyl groups is 2. The summed E-state index contributed by atoms with van der Waals surface area (Å²) in [5.41, 5.74) is 1.41. The van der Waals surface area contributed by atoms with Gasteiger partial charge in [-0.1, -0.05) is 42.5 Å². The summed E-state index contributed by atoms with van der Waals surface area (Å²) < 4.78 is 17.1. The first-order valence-corrected chi connectivity index (χ1v) is 9.66. The first-order valence-electron chi connectivity index (χ1n) is 9.66. The molecule has 158 valence electrons.